The number of ether oxygens (including phenoxy) is 6. The van der Waals surface area contributed by atoms with Crippen LogP contribution in [0.4, 0.5) is 0 Å². The summed E-state index contributed by atoms with van der Waals surface area (Å²) < 4.78 is 34.5. The summed E-state index contributed by atoms with van der Waals surface area (Å²) in [5.74, 6) is -0.275. The summed E-state index contributed by atoms with van der Waals surface area (Å²) in [6.07, 6.45) is 63.3. The van der Waals surface area contributed by atoms with E-state index in [1.54, 1.807) is 6.08 Å². The normalized spacial score (nSPS) is 25.9. The number of aliphatic hydroxyl groups is 11. The van der Waals surface area contributed by atoms with Crippen LogP contribution in [0, 0.1) is 0 Å². The first kappa shape index (κ1) is 98.4. The smallest absolute Gasteiger partial charge is 0.220 e. The molecule has 3 aliphatic heterocycles. The molecule has 3 rings (SSSR count). The maximum Gasteiger partial charge on any atom is 0.220 e. The van der Waals surface area contributed by atoms with Gasteiger partial charge in [-0.25, -0.2) is 0 Å². The van der Waals surface area contributed by atoms with Gasteiger partial charge in [0.05, 0.1) is 38.6 Å². The Morgan fingerprint density at radius 2 is 0.645 bits per heavy atom. The van der Waals surface area contributed by atoms with E-state index in [0.717, 1.165) is 83.5 Å². The molecule has 19 heteroatoms. The van der Waals surface area contributed by atoms with Crippen molar-refractivity contribution in [1.29, 1.82) is 0 Å². The zero-order chi connectivity index (χ0) is 77.4. The molecule has 0 aromatic rings. The molecule has 12 N–H and O–H groups in total. The van der Waals surface area contributed by atoms with Crippen molar-refractivity contribution in [2.45, 2.75) is 452 Å². The quantitative estimate of drug-likeness (QED) is 0.0199. The Bertz CT molecular complexity index is 2210. The van der Waals surface area contributed by atoms with Crippen LogP contribution >= 0.6 is 0 Å². The molecule has 0 aromatic heterocycles. The van der Waals surface area contributed by atoms with E-state index in [-0.39, 0.29) is 18.9 Å². The van der Waals surface area contributed by atoms with E-state index in [4.69, 9.17) is 28.4 Å². The fourth-order valence-corrected chi connectivity index (χ4v) is 14.6. The monoisotopic (exact) mass is 1520 g/mol. The highest BCUT2D eigenvalue weighted by atomic mass is 16.8. The third-order valence-corrected chi connectivity index (χ3v) is 21.5. The van der Waals surface area contributed by atoms with Crippen LogP contribution in [0.1, 0.15) is 348 Å². The lowest BCUT2D eigenvalue weighted by molar-refractivity contribution is -0.379. The molecule has 3 heterocycles. The van der Waals surface area contributed by atoms with Gasteiger partial charge in [-0.3, -0.25) is 4.79 Å². The van der Waals surface area contributed by atoms with Gasteiger partial charge in [-0.1, -0.05) is 350 Å². The van der Waals surface area contributed by atoms with Crippen molar-refractivity contribution in [3.05, 3.63) is 72.9 Å². The molecule has 17 unspecified atom stereocenters. The molecular formula is C88H159NO18. The Morgan fingerprint density at radius 3 is 1.01 bits per heavy atom. The molecule has 0 bridgehead atoms. The van der Waals surface area contributed by atoms with Crippen LogP contribution in [-0.2, 0) is 33.2 Å². The molecule has 0 radical (unpaired) electrons. The van der Waals surface area contributed by atoms with E-state index in [2.05, 4.69) is 79.9 Å². The molecule has 19 nitrogen and oxygen atoms in total. The number of aliphatic hydroxyl groups excluding tert-OH is 11. The minimum Gasteiger partial charge on any atom is -0.394 e. The second kappa shape index (κ2) is 67.7. The van der Waals surface area contributed by atoms with E-state index in [1.165, 1.54) is 238 Å². The van der Waals surface area contributed by atoms with Gasteiger partial charge in [0.2, 0.25) is 5.91 Å². The highest BCUT2D eigenvalue weighted by Crippen LogP contribution is 2.33. The van der Waals surface area contributed by atoms with Gasteiger partial charge in [0.1, 0.15) is 73.2 Å². The van der Waals surface area contributed by atoms with Gasteiger partial charge in [0.15, 0.2) is 18.9 Å². The van der Waals surface area contributed by atoms with Crippen LogP contribution in [-0.4, -0.2) is 193 Å². The highest BCUT2D eigenvalue weighted by molar-refractivity contribution is 5.76. The predicted octanol–water partition coefficient (Wildman–Crippen LogP) is 16.0. The van der Waals surface area contributed by atoms with Crippen LogP contribution in [0.2, 0.25) is 0 Å². The molecular weight excluding hydrogens is 1360 g/mol. The zero-order valence-electron chi connectivity index (χ0n) is 67.1. The maximum atomic E-state index is 13.5. The molecule has 0 saturated carbocycles. The fraction of sp³-hybridized carbons (Fsp3) is 0.852. The predicted molar refractivity (Wildman–Crippen MR) is 429 cm³/mol. The summed E-state index contributed by atoms with van der Waals surface area (Å²) in [5, 5.41) is 121. The Morgan fingerprint density at radius 1 is 0.346 bits per heavy atom. The van der Waals surface area contributed by atoms with Crippen LogP contribution in [0.5, 0.6) is 0 Å². The molecule has 107 heavy (non-hydrogen) atoms. The van der Waals surface area contributed by atoms with E-state index in [0.29, 0.717) is 6.42 Å². The Kier molecular flexibility index (Phi) is 62.3. The van der Waals surface area contributed by atoms with Gasteiger partial charge < -0.3 is 89.9 Å². The fourth-order valence-electron chi connectivity index (χ4n) is 14.6. The Labute approximate surface area is 648 Å². The molecule has 3 aliphatic rings. The Balaban J connectivity index is 1.35. The molecule has 3 fully saturated rings. The first-order chi connectivity index (χ1) is 52.3. The average Bonchev–Trinajstić information content (AvgIpc) is 0.781. The number of unbranched alkanes of at least 4 members (excludes halogenated alkanes) is 44. The van der Waals surface area contributed by atoms with Gasteiger partial charge in [0, 0.05) is 6.42 Å². The van der Waals surface area contributed by atoms with Gasteiger partial charge in [-0.2, -0.15) is 0 Å². The summed E-state index contributed by atoms with van der Waals surface area (Å²) in [6, 6.07) is -0.980. The second-order valence-electron chi connectivity index (χ2n) is 31.0. The lowest BCUT2D eigenvalue weighted by Crippen LogP contribution is -2.66. The number of hydrogen-bond donors (Lipinski definition) is 12. The van der Waals surface area contributed by atoms with E-state index in [1.807, 2.05) is 6.08 Å². The van der Waals surface area contributed by atoms with Gasteiger partial charge >= 0.3 is 0 Å². The number of hydrogen-bond acceptors (Lipinski definition) is 18. The number of carbonyl (C=O) groups excluding carboxylic acids is 1. The largest absolute Gasteiger partial charge is 0.394 e. The number of allylic oxidation sites excluding steroid dienone is 11. The highest BCUT2D eigenvalue weighted by Gasteiger charge is 2.54. The molecule has 1 amide bonds. The van der Waals surface area contributed by atoms with Crippen molar-refractivity contribution in [2.24, 2.45) is 0 Å². The summed E-state index contributed by atoms with van der Waals surface area (Å²) in [7, 11) is 0. The first-order valence-electron chi connectivity index (χ1n) is 43.7. The van der Waals surface area contributed by atoms with E-state index in [9.17, 15) is 61.0 Å². The second-order valence-corrected chi connectivity index (χ2v) is 31.0. The van der Waals surface area contributed by atoms with Gasteiger partial charge in [-0.15, -0.1) is 0 Å². The van der Waals surface area contributed by atoms with Crippen molar-refractivity contribution in [2.75, 3.05) is 26.4 Å². The lowest BCUT2D eigenvalue weighted by atomic mass is 9.96. The zero-order valence-corrected chi connectivity index (χ0v) is 67.1. The third-order valence-electron chi connectivity index (χ3n) is 21.5. The van der Waals surface area contributed by atoms with Gasteiger partial charge in [0.25, 0.3) is 0 Å². The summed E-state index contributed by atoms with van der Waals surface area (Å²) in [6.45, 7) is 1.67. The molecule has 0 aliphatic carbocycles. The SMILES string of the molecule is CC/C=C\C/C=C\C/C=C\C/C=C\C/C=C\CCCCCCCCCCCCCCCC(=O)NC(COC1OC(CO)C(OC2OC(CO)C(OC3OC(CO)C(O)C(O)C3O)C(O)C2O)C(O)C1O)C(O)/C=C/CCCCCCCCCCCCCCCCCCCCCCCCCCCCCCCCC. The molecule has 17 atom stereocenters. The first-order valence-corrected chi connectivity index (χ1v) is 43.7. The summed E-state index contributed by atoms with van der Waals surface area (Å²) in [4.78, 5) is 13.5. The molecule has 0 spiro atoms. The summed E-state index contributed by atoms with van der Waals surface area (Å²) in [5.41, 5.74) is 0. The standard InChI is InChI=1S/C88H159NO18/c1-3-5-7-9-11-13-15-17-19-21-23-25-27-29-31-33-34-35-36-38-39-41-43-45-47-49-51-53-55-57-59-61-63-65-72(93)71(89-76(94)66-64-62-60-58-56-54-52-50-48-46-44-42-40-37-32-30-28-26-24-22-20-18-16-14-12-10-8-6-4-2)70-102-86-82(100)79(97)84(74(68-91)104-86)107-88-83(101)80(98)85(75(69-92)105-88)106-87-81(99)78(96)77(95)73(67-90)103-87/h6,8,12,14,18,20,24,26,30,32,63,65,71-75,77-88,90-93,95-101H,3-5,7,9-11,13,15-17,19,21-23,25,27-29,31,33-62,64,66-70H2,1-2H3,(H,89,94)/b8-6-,14-12-,20-18-,26-24-,32-30-,65-63+. The number of rotatable bonds is 70. The van der Waals surface area contributed by atoms with Crippen LogP contribution < -0.4 is 5.32 Å². The van der Waals surface area contributed by atoms with Crippen molar-refractivity contribution in [3.8, 4) is 0 Å². The van der Waals surface area contributed by atoms with Gasteiger partial charge in [-0.05, 0) is 64.2 Å². The lowest BCUT2D eigenvalue weighted by Gasteiger charge is -2.48. The van der Waals surface area contributed by atoms with E-state index < -0.39 is 124 Å². The maximum absolute atomic E-state index is 13.5. The topological polar surface area (TPSA) is 307 Å². The molecule has 0 aromatic carbocycles. The number of carbonyl (C=O) groups is 1. The minimum absolute atomic E-state index is 0.239. The van der Waals surface area contributed by atoms with Crippen molar-refractivity contribution in [1.82, 2.24) is 5.32 Å². The summed E-state index contributed by atoms with van der Waals surface area (Å²) >= 11 is 0. The van der Waals surface area contributed by atoms with Crippen LogP contribution in [0.15, 0.2) is 72.9 Å². The van der Waals surface area contributed by atoms with Crippen molar-refractivity contribution < 1.29 is 89.4 Å². The molecule has 624 valence electrons. The Hall–Kier alpha value is -2.77. The average molecular weight is 1520 g/mol. The van der Waals surface area contributed by atoms with Crippen molar-refractivity contribution in [3.63, 3.8) is 0 Å². The van der Waals surface area contributed by atoms with Crippen molar-refractivity contribution >= 4 is 5.91 Å². The molecule has 3 saturated heterocycles. The van der Waals surface area contributed by atoms with Crippen LogP contribution in [0.3, 0.4) is 0 Å². The van der Waals surface area contributed by atoms with Crippen LogP contribution in [0.25, 0.3) is 0 Å². The number of nitrogens with one attached hydrogen (secondary N) is 1. The third kappa shape index (κ3) is 46.9. The minimum atomic E-state index is -1.98. The number of amides is 1. The van der Waals surface area contributed by atoms with E-state index >= 15 is 0 Å².